The molecule has 470 valence electrons. The monoisotopic (exact) mass is 1290 g/mol. The second-order valence-electron chi connectivity index (χ2n) is 24.5. The van der Waals surface area contributed by atoms with Crippen LogP contribution in [0.1, 0.15) is 87.8 Å². The summed E-state index contributed by atoms with van der Waals surface area (Å²) in [6.45, 7) is 8.79. The predicted octanol–water partition coefficient (Wildman–Crippen LogP) is 12.5. The number of hydrogen-bond acceptors (Lipinski definition) is 10. The molecule has 2 aliphatic rings. The predicted molar refractivity (Wildman–Crippen MR) is 347 cm³/mol. The van der Waals surface area contributed by atoms with E-state index >= 15 is 18.0 Å². The average Bonchev–Trinajstić information content (AvgIpc) is 0.861. The second kappa shape index (κ2) is 26.8. The molecule has 0 fully saturated rings. The van der Waals surface area contributed by atoms with E-state index in [2.05, 4.69) is 0 Å². The van der Waals surface area contributed by atoms with Crippen molar-refractivity contribution in [2.75, 3.05) is 23.0 Å². The van der Waals surface area contributed by atoms with Crippen molar-refractivity contribution in [1.82, 2.24) is 8.61 Å². The first-order valence-electron chi connectivity index (χ1n) is 29.5. The molecule has 0 aromatic heterocycles. The third kappa shape index (κ3) is 13.6. The lowest BCUT2D eigenvalue weighted by Gasteiger charge is -2.50. The minimum absolute atomic E-state index is 0.0313. The van der Waals surface area contributed by atoms with Gasteiger partial charge in [0.2, 0.25) is 11.8 Å². The van der Waals surface area contributed by atoms with Crippen molar-refractivity contribution >= 4 is 65.4 Å². The van der Waals surface area contributed by atoms with Crippen molar-refractivity contribution in [2.24, 2.45) is 0 Å². The fourth-order valence-corrected chi connectivity index (χ4v) is 16.8. The molecule has 6 atom stereocenters. The molecule has 2 heterocycles. The zero-order valence-electron chi connectivity index (χ0n) is 50.9. The van der Waals surface area contributed by atoms with Gasteiger partial charge in [-0.1, -0.05) is 158 Å². The summed E-state index contributed by atoms with van der Waals surface area (Å²) >= 11 is 0. The van der Waals surface area contributed by atoms with Gasteiger partial charge in [-0.15, -0.1) is 0 Å². The fraction of sp³-hybridized carbons (Fsp3) is 0.286. The number of carbonyl (C=O) groups is 2. The first kappa shape index (κ1) is 65.5. The van der Waals surface area contributed by atoms with E-state index in [4.69, 9.17) is 8.37 Å². The standard InChI is InChI=1S/C70H72F2N4O10S4/c1-67(2,3)87(79)75(47-53-27-15-9-16-28-53)57(49-85-89(81,82)59-39-35-55(71)36-40-59)43-69(61-31-19-21-33-63(61)73(65(69)77)45-51-23-11-7-12-24-51)70(62-32-20-22-34-64(62)74(66(70)78)46-52-25-13-8-14-26-52)44-58(50-86-90(83,84)60-41-37-56(72)38-42-60)76(88(80)68(4,5)6)48-54-29-17-10-18-30-54/h7-42,57-58H,43-50H2,1-6H3/t57-,58-,69+,70+,87-,88-/m0/s1. The Hall–Kier alpha value is -7.40. The molecule has 0 aliphatic carbocycles. The van der Waals surface area contributed by atoms with Crippen LogP contribution in [0.2, 0.25) is 0 Å². The SMILES string of the molecule is CC(C)(C)[S@](=O)N(Cc1ccccc1)[C@H](COS(=O)(=O)c1ccc(F)cc1)C[C@]1([C@@]2(C[C@@H](COS(=O)(=O)c3ccc(F)cc3)N(Cc3ccccc3)[S@@](=O)C(C)(C)C)C(=O)N(Cc3ccccc3)c3ccccc32)C(=O)N(Cc2ccccc2)c2ccccc21. The minimum atomic E-state index is -4.78. The normalized spacial score (nSPS) is 18.4. The molecule has 8 aromatic rings. The van der Waals surface area contributed by atoms with Gasteiger partial charge < -0.3 is 9.80 Å². The van der Waals surface area contributed by atoms with E-state index < -0.39 is 124 Å². The number of hydrogen-bond donors (Lipinski definition) is 0. The molecule has 0 saturated heterocycles. The average molecular weight is 1300 g/mol. The van der Waals surface area contributed by atoms with E-state index in [0.29, 0.717) is 44.8 Å². The molecule has 90 heavy (non-hydrogen) atoms. The third-order valence-corrected chi connectivity index (χ3v) is 22.8. The van der Waals surface area contributed by atoms with E-state index in [0.717, 1.165) is 48.5 Å². The molecule has 10 rings (SSSR count). The summed E-state index contributed by atoms with van der Waals surface area (Å²) in [6, 6.07) is 56.3. The number of amides is 2. The van der Waals surface area contributed by atoms with Crippen molar-refractivity contribution in [3.05, 3.63) is 263 Å². The third-order valence-electron chi connectivity index (χ3n) is 16.4. The number of halogens is 2. The highest BCUT2D eigenvalue weighted by Crippen LogP contribution is 2.63. The van der Waals surface area contributed by atoms with Gasteiger partial charge in [-0.3, -0.25) is 18.0 Å². The van der Waals surface area contributed by atoms with Gasteiger partial charge in [0.25, 0.3) is 20.2 Å². The summed E-state index contributed by atoms with van der Waals surface area (Å²) in [6.07, 6.45) is -1.02. The van der Waals surface area contributed by atoms with Crippen LogP contribution in [0, 0.1) is 11.6 Å². The van der Waals surface area contributed by atoms with Gasteiger partial charge in [-0.05, 0) is 148 Å². The van der Waals surface area contributed by atoms with Gasteiger partial charge in [0.15, 0.2) is 0 Å². The number of nitrogens with zero attached hydrogens (tertiary/aromatic N) is 4. The van der Waals surface area contributed by atoms with Crippen LogP contribution in [-0.2, 0) is 97.2 Å². The van der Waals surface area contributed by atoms with Gasteiger partial charge in [0, 0.05) is 36.5 Å². The molecule has 0 bridgehead atoms. The number of benzene rings is 8. The van der Waals surface area contributed by atoms with Crippen LogP contribution in [0.3, 0.4) is 0 Å². The summed E-state index contributed by atoms with van der Waals surface area (Å²) in [4.78, 5) is 37.9. The van der Waals surface area contributed by atoms with E-state index in [9.17, 15) is 25.6 Å². The first-order valence-corrected chi connectivity index (χ1v) is 34.5. The van der Waals surface area contributed by atoms with Crippen LogP contribution in [-0.4, -0.2) is 80.5 Å². The summed E-state index contributed by atoms with van der Waals surface area (Å²) in [5, 5.41) is 0. The highest BCUT2D eigenvalue weighted by molar-refractivity contribution is 7.87. The zero-order valence-corrected chi connectivity index (χ0v) is 54.1. The lowest BCUT2D eigenvalue weighted by molar-refractivity contribution is -0.137. The smallest absolute Gasteiger partial charge is 0.297 e. The summed E-state index contributed by atoms with van der Waals surface area (Å²) < 4.78 is 133. The Labute approximate surface area is 531 Å². The Bertz CT molecular complexity index is 3860. The van der Waals surface area contributed by atoms with E-state index in [1.165, 1.54) is 0 Å². The molecule has 0 radical (unpaired) electrons. The molecular formula is C70H72F2N4O10S4. The Kier molecular flexibility index (Phi) is 19.5. The van der Waals surface area contributed by atoms with Crippen LogP contribution >= 0.6 is 0 Å². The quantitative estimate of drug-likeness (QED) is 0.0502. The van der Waals surface area contributed by atoms with Gasteiger partial charge in [0.1, 0.15) is 33.6 Å². The molecule has 2 aliphatic heterocycles. The van der Waals surface area contributed by atoms with Crippen molar-refractivity contribution in [3.63, 3.8) is 0 Å². The lowest BCUT2D eigenvalue weighted by Crippen LogP contribution is -2.64. The molecule has 2 amide bonds. The van der Waals surface area contributed by atoms with Crippen LogP contribution < -0.4 is 9.80 Å². The lowest BCUT2D eigenvalue weighted by atomic mass is 9.53. The first-order chi connectivity index (χ1) is 42.8. The van der Waals surface area contributed by atoms with Crippen LogP contribution in [0.25, 0.3) is 0 Å². The fourth-order valence-electron chi connectivity index (χ4n) is 12.2. The van der Waals surface area contributed by atoms with Gasteiger partial charge >= 0.3 is 0 Å². The second-order valence-corrected chi connectivity index (χ2v) is 32.2. The van der Waals surface area contributed by atoms with Crippen molar-refractivity contribution in [2.45, 2.75) is 123 Å². The van der Waals surface area contributed by atoms with Crippen LogP contribution in [0.4, 0.5) is 20.2 Å². The van der Waals surface area contributed by atoms with E-state index in [1.54, 1.807) is 108 Å². The maximum absolute atomic E-state index is 17.7. The summed E-state index contributed by atoms with van der Waals surface area (Å²) in [7, 11) is -13.7. The molecule has 14 nitrogen and oxygen atoms in total. The van der Waals surface area contributed by atoms with Crippen molar-refractivity contribution in [3.8, 4) is 0 Å². The van der Waals surface area contributed by atoms with E-state index in [1.807, 2.05) is 121 Å². The van der Waals surface area contributed by atoms with Crippen molar-refractivity contribution < 1.29 is 52.0 Å². The molecule has 20 heteroatoms. The number of rotatable bonds is 25. The number of anilines is 2. The van der Waals surface area contributed by atoms with Crippen molar-refractivity contribution in [1.29, 1.82) is 0 Å². The van der Waals surface area contributed by atoms with Gasteiger partial charge in [0.05, 0.1) is 56.4 Å². The van der Waals surface area contributed by atoms with Crippen LogP contribution in [0.15, 0.2) is 228 Å². The molecule has 0 unspecified atom stereocenters. The zero-order chi connectivity index (χ0) is 64.2. The summed E-state index contributed by atoms with van der Waals surface area (Å²) in [5.41, 5.74) is -0.312. The molecular weight excluding hydrogens is 1220 g/mol. The Morgan fingerprint density at radius 1 is 0.433 bits per heavy atom. The van der Waals surface area contributed by atoms with E-state index in [-0.39, 0.29) is 36.0 Å². The molecule has 0 N–H and O–H groups in total. The Balaban J connectivity index is 1.31. The molecule has 0 saturated carbocycles. The Morgan fingerprint density at radius 3 is 1.03 bits per heavy atom. The summed E-state index contributed by atoms with van der Waals surface area (Å²) in [5.74, 6) is -2.62. The minimum Gasteiger partial charge on any atom is -0.307 e. The maximum Gasteiger partial charge on any atom is 0.297 e. The number of fused-ring (bicyclic) bond motifs is 2. The van der Waals surface area contributed by atoms with Gasteiger partial charge in [-0.25, -0.2) is 25.8 Å². The highest BCUT2D eigenvalue weighted by Gasteiger charge is 2.72. The van der Waals surface area contributed by atoms with Crippen LogP contribution in [0.5, 0.6) is 0 Å². The van der Waals surface area contributed by atoms with Gasteiger partial charge in [-0.2, -0.15) is 16.8 Å². The highest BCUT2D eigenvalue weighted by atomic mass is 32.2. The maximum atomic E-state index is 17.7. The molecule has 0 spiro atoms. The Morgan fingerprint density at radius 2 is 0.722 bits per heavy atom. The number of carbonyl (C=O) groups excluding carboxylic acids is 2. The molecule has 8 aromatic carbocycles. The largest absolute Gasteiger partial charge is 0.307 e. The topological polar surface area (TPSA) is 168 Å². The number of para-hydroxylation sites is 2.